The Kier molecular flexibility index (Phi) is 3.86. The van der Waals surface area contributed by atoms with Gasteiger partial charge in [0.05, 0.1) is 11.6 Å². The van der Waals surface area contributed by atoms with E-state index in [0.29, 0.717) is 0 Å². The molecule has 2 aromatic rings. The average molecular weight is 313 g/mol. The number of hydrogen-bond donors (Lipinski definition) is 1. The van der Waals surface area contributed by atoms with Crippen molar-refractivity contribution in [2.24, 2.45) is 0 Å². The molecule has 1 unspecified atom stereocenters. The molecule has 17 heavy (non-hydrogen) atoms. The molecular formula is C13H13BrO2S. The molecule has 0 saturated carbocycles. The number of benzene rings is 1. The second-order valence-corrected chi connectivity index (χ2v) is 5.40. The Hall–Kier alpha value is -0.840. The maximum Gasteiger partial charge on any atom is 0.133 e. The van der Waals surface area contributed by atoms with Crippen LogP contribution in [0.2, 0.25) is 0 Å². The molecule has 0 amide bonds. The van der Waals surface area contributed by atoms with E-state index in [1.807, 2.05) is 35.9 Å². The monoisotopic (exact) mass is 312 g/mol. The SMILES string of the molecule is COc1ccc(C(O)c2cscc2C)cc1Br. The molecule has 1 heterocycles. The van der Waals surface area contributed by atoms with E-state index in [1.165, 1.54) is 0 Å². The van der Waals surface area contributed by atoms with Crippen molar-refractivity contribution in [2.45, 2.75) is 13.0 Å². The third-order valence-electron chi connectivity index (χ3n) is 2.68. The summed E-state index contributed by atoms with van der Waals surface area (Å²) in [5, 5.41) is 14.3. The van der Waals surface area contributed by atoms with Gasteiger partial charge in [-0.25, -0.2) is 0 Å². The summed E-state index contributed by atoms with van der Waals surface area (Å²) in [5.41, 5.74) is 2.95. The van der Waals surface area contributed by atoms with Gasteiger partial charge < -0.3 is 9.84 Å². The average Bonchev–Trinajstić information content (AvgIpc) is 2.74. The van der Waals surface area contributed by atoms with Crippen LogP contribution in [0.15, 0.2) is 33.4 Å². The number of aliphatic hydroxyl groups is 1. The molecule has 2 nitrogen and oxygen atoms in total. The number of aliphatic hydroxyl groups excluding tert-OH is 1. The molecule has 1 N–H and O–H groups in total. The fourth-order valence-corrected chi connectivity index (χ4v) is 3.11. The lowest BCUT2D eigenvalue weighted by Crippen LogP contribution is -2.00. The van der Waals surface area contributed by atoms with E-state index in [1.54, 1.807) is 18.4 Å². The van der Waals surface area contributed by atoms with Crippen molar-refractivity contribution in [2.75, 3.05) is 7.11 Å². The zero-order chi connectivity index (χ0) is 12.4. The molecule has 0 bridgehead atoms. The van der Waals surface area contributed by atoms with Gasteiger partial charge in [0.1, 0.15) is 11.9 Å². The van der Waals surface area contributed by atoms with Crippen LogP contribution in [0.1, 0.15) is 22.8 Å². The van der Waals surface area contributed by atoms with Crippen molar-refractivity contribution in [3.05, 3.63) is 50.1 Å². The molecule has 1 atom stereocenters. The van der Waals surface area contributed by atoms with E-state index >= 15 is 0 Å². The summed E-state index contributed by atoms with van der Waals surface area (Å²) < 4.78 is 6.02. The predicted molar refractivity (Wildman–Crippen MR) is 73.8 cm³/mol. The first-order valence-corrected chi connectivity index (χ1v) is 6.91. The van der Waals surface area contributed by atoms with E-state index in [0.717, 1.165) is 26.9 Å². The quantitative estimate of drug-likeness (QED) is 0.931. The topological polar surface area (TPSA) is 29.5 Å². The minimum Gasteiger partial charge on any atom is -0.496 e. The van der Waals surface area contributed by atoms with Crippen LogP contribution in [0.25, 0.3) is 0 Å². The Labute approximate surface area is 113 Å². The van der Waals surface area contributed by atoms with Gasteiger partial charge in [0.2, 0.25) is 0 Å². The van der Waals surface area contributed by atoms with Gasteiger partial charge in [-0.2, -0.15) is 11.3 Å². The standard InChI is InChI=1S/C13H13BrO2S/c1-8-6-17-7-10(8)13(15)9-3-4-12(16-2)11(14)5-9/h3-7,13,15H,1-2H3. The number of hydrogen-bond acceptors (Lipinski definition) is 3. The van der Waals surface area contributed by atoms with Crippen molar-refractivity contribution in [3.8, 4) is 5.75 Å². The Bertz CT molecular complexity index is 522. The molecular weight excluding hydrogens is 300 g/mol. The van der Waals surface area contributed by atoms with Crippen LogP contribution in [0.5, 0.6) is 5.75 Å². The zero-order valence-corrected chi connectivity index (χ0v) is 12.0. The highest BCUT2D eigenvalue weighted by Crippen LogP contribution is 2.32. The summed E-state index contributed by atoms with van der Waals surface area (Å²) in [7, 11) is 1.62. The molecule has 90 valence electrons. The van der Waals surface area contributed by atoms with Gasteiger partial charge in [-0.1, -0.05) is 6.07 Å². The molecule has 0 aliphatic heterocycles. The Morgan fingerprint density at radius 1 is 1.35 bits per heavy atom. The van der Waals surface area contributed by atoms with Gasteiger partial charge in [0, 0.05) is 0 Å². The van der Waals surface area contributed by atoms with E-state index in [-0.39, 0.29) is 0 Å². The van der Waals surface area contributed by atoms with Crippen molar-refractivity contribution in [1.82, 2.24) is 0 Å². The molecule has 0 aliphatic rings. The van der Waals surface area contributed by atoms with Crippen molar-refractivity contribution < 1.29 is 9.84 Å². The summed E-state index contributed by atoms with van der Waals surface area (Å²) in [6.07, 6.45) is -0.580. The number of aryl methyl sites for hydroxylation is 1. The Morgan fingerprint density at radius 3 is 2.65 bits per heavy atom. The molecule has 1 aromatic carbocycles. The van der Waals surface area contributed by atoms with Gasteiger partial charge in [-0.05, 0) is 62.4 Å². The van der Waals surface area contributed by atoms with E-state index < -0.39 is 6.10 Å². The van der Waals surface area contributed by atoms with Crippen molar-refractivity contribution in [3.63, 3.8) is 0 Å². The van der Waals surface area contributed by atoms with Crippen LogP contribution in [-0.4, -0.2) is 12.2 Å². The molecule has 2 rings (SSSR count). The van der Waals surface area contributed by atoms with Crippen LogP contribution < -0.4 is 4.74 Å². The molecule has 0 aliphatic carbocycles. The largest absolute Gasteiger partial charge is 0.496 e. The summed E-state index contributed by atoms with van der Waals surface area (Å²) in [6.45, 7) is 2.01. The van der Waals surface area contributed by atoms with E-state index in [9.17, 15) is 5.11 Å². The highest BCUT2D eigenvalue weighted by atomic mass is 79.9. The summed E-state index contributed by atoms with van der Waals surface area (Å²) >= 11 is 5.03. The Morgan fingerprint density at radius 2 is 2.12 bits per heavy atom. The first kappa shape index (κ1) is 12.6. The smallest absolute Gasteiger partial charge is 0.133 e. The van der Waals surface area contributed by atoms with Gasteiger partial charge >= 0.3 is 0 Å². The number of ether oxygens (including phenoxy) is 1. The third kappa shape index (κ3) is 2.54. The molecule has 0 fully saturated rings. The fraction of sp³-hybridized carbons (Fsp3) is 0.231. The molecule has 4 heteroatoms. The zero-order valence-electron chi connectivity index (χ0n) is 9.61. The lowest BCUT2D eigenvalue weighted by atomic mass is 10.0. The third-order valence-corrected chi connectivity index (χ3v) is 4.18. The number of rotatable bonds is 3. The van der Waals surface area contributed by atoms with Gasteiger partial charge in [0.15, 0.2) is 0 Å². The van der Waals surface area contributed by atoms with Crippen LogP contribution in [0.4, 0.5) is 0 Å². The lowest BCUT2D eigenvalue weighted by Gasteiger charge is -2.12. The minimum absolute atomic E-state index is 0.580. The van der Waals surface area contributed by atoms with Crippen molar-refractivity contribution in [1.29, 1.82) is 0 Å². The molecule has 0 radical (unpaired) electrons. The first-order chi connectivity index (χ1) is 8.13. The maximum absolute atomic E-state index is 10.3. The normalized spacial score (nSPS) is 12.5. The van der Waals surface area contributed by atoms with Gasteiger partial charge in [0.25, 0.3) is 0 Å². The molecule has 0 saturated heterocycles. The highest BCUT2D eigenvalue weighted by Gasteiger charge is 2.14. The fourth-order valence-electron chi connectivity index (χ4n) is 1.68. The Balaban J connectivity index is 2.35. The van der Waals surface area contributed by atoms with E-state index in [4.69, 9.17) is 4.74 Å². The van der Waals surface area contributed by atoms with E-state index in [2.05, 4.69) is 15.9 Å². The number of methoxy groups -OCH3 is 1. The molecule has 1 aromatic heterocycles. The lowest BCUT2D eigenvalue weighted by molar-refractivity contribution is 0.220. The van der Waals surface area contributed by atoms with Crippen LogP contribution in [0, 0.1) is 6.92 Å². The minimum atomic E-state index is -0.580. The molecule has 0 spiro atoms. The second-order valence-electron chi connectivity index (χ2n) is 3.81. The summed E-state index contributed by atoms with van der Waals surface area (Å²) in [5.74, 6) is 0.767. The maximum atomic E-state index is 10.3. The predicted octanol–water partition coefficient (Wildman–Crippen LogP) is 3.91. The highest BCUT2D eigenvalue weighted by molar-refractivity contribution is 9.10. The van der Waals surface area contributed by atoms with Crippen molar-refractivity contribution >= 4 is 27.3 Å². The van der Waals surface area contributed by atoms with Gasteiger partial charge in [-0.15, -0.1) is 0 Å². The van der Waals surface area contributed by atoms with Crippen LogP contribution >= 0.6 is 27.3 Å². The summed E-state index contributed by atoms with van der Waals surface area (Å²) in [6, 6.07) is 5.62. The van der Waals surface area contributed by atoms with Gasteiger partial charge in [-0.3, -0.25) is 0 Å². The summed E-state index contributed by atoms with van der Waals surface area (Å²) in [4.78, 5) is 0. The van der Waals surface area contributed by atoms with Crippen LogP contribution in [-0.2, 0) is 0 Å². The first-order valence-electron chi connectivity index (χ1n) is 5.17. The second kappa shape index (κ2) is 5.21. The van der Waals surface area contributed by atoms with Crippen LogP contribution in [0.3, 0.4) is 0 Å². The number of halogens is 1. The number of thiophene rings is 1.